The Bertz CT molecular complexity index is 822. The number of hydrogen-bond acceptors (Lipinski definition) is 5. The third kappa shape index (κ3) is 2.47. The molecule has 0 bridgehead atoms. The molecule has 4 N–H and O–H groups in total. The second-order valence-corrected chi connectivity index (χ2v) is 6.07. The first-order chi connectivity index (χ1) is 10.6. The number of aliphatic hydroxyl groups is 1. The zero-order chi connectivity index (χ0) is 15.3. The third-order valence-electron chi connectivity index (χ3n) is 3.52. The summed E-state index contributed by atoms with van der Waals surface area (Å²) < 4.78 is 0.916. The van der Waals surface area contributed by atoms with Crippen LogP contribution in [-0.2, 0) is 0 Å². The molecule has 2 aliphatic heterocycles. The van der Waals surface area contributed by atoms with Gasteiger partial charge in [0.05, 0.1) is 17.6 Å². The quantitative estimate of drug-likeness (QED) is 0.725. The van der Waals surface area contributed by atoms with E-state index in [-0.39, 0.29) is 11.4 Å². The molecule has 118 valence electrons. The van der Waals surface area contributed by atoms with Gasteiger partial charge in [-0.05, 0) is 24.3 Å². The van der Waals surface area contributed by atoms with Crippen molar-refractivity contribution >= 4 is 43.4 Å². The highest BCUT2D eigenvalue weighted by molar-refractivity contribution is 9.15. The zero-order valence-electron chi connectivity index (χ0n) is 11.7. The molecular weight excluding hydrogens is 384 g/mol. The van der Waals surface area contributed by atoms with Crippen molar-refractivity contribution in [2.24, 2.45) is 0 Å². The number of allylic oxidation sites excluding steroid dienone is 1. The number of aromatic nitrogens is 1. The van der Waals surface area contributed by atoms with Crippen LogP contribution in [0.25, 0.3) is 4.48 Å². The van der Waals surface area contributed by atoms with Gasteiger partial charge in [-0.25, -0.2) is 9.99 Å². The SMILES string of the molecule is O.OC1=C2C=C(Br)c3ccccc3N2NN1c1ccc(Cl)nc1. The van der Waals surface area contributed by atoms with Crippen molar-refractivity contribution in [3.8, 4) is 0 Å². The highest BCUT2D eigenvalue weighted by atomic mass is 79.9. The number of nitrogens with zero attached hydrogens (tertiary/aromatic N) is 3. The maximum atomic E-state index is 10.5. The molecule has 0 amide bonds. The molecule has 0 atom stereocenters. The Hall–Kier alpha value is -2.06. The monoisotopic (exact) mass is 394 g/mol. The van der Waals surface area contributed by atoms with Crippen molar-refractivity contribution in [3.05, 3.63) is 71.0 Å². The molecule has 0 aliphatic carbocycles. The predicted molar refractivity (Wildman–Crippen MR) is 94.0 cm³/mol. The summed E-state index contributed by atoms with van der Waals surface area (Å²) in [7, 11) is 0. The first-order valence-electron chi connectivity index (χ1n) is 6.53. The summed E-state index contributed by atoms with van der Waals surface area (Å²) >= 11 is 9.36. The van der Waals surface area contributed by atoms with Crippen LogP contribution in [0.5, 0.6) is 0 Å². The number of pyridine rings is 1. The Morgan fingerprint density at radius 1 is 1.13 bits per heavy atom. The zero-order valence-corrected chi connectivity index (χ0v) is 14.0. The van der Waals surface area contributed by atoms with Gasteiger partial charge in [0.25, 0.3) is 0 Å². The fraction of sp³-hybridized carbons (Fsp3) is 0. The maximum Gasteiger partial charge on any atom is 0.234 e. The summed E-state index contributed by atoms with van der Waals surface area (Å²) in [6.07, 6.45) is 3.46. The van der Waals surface area contributed by atoms with Gasteiger partial charge < -0.3 is 10.6 Å². The van der Waals surface area contributed by atoms with Crippen LogP contribution in [0, 0.1) is 0 Å². The Morgan fingerprint density at radius 3 is 2.65 bits per heavy atom. The number of halogens is 2. The molecular formula is C15H12BrClN4O2. The molecule has 6 nitrogen and oxygen atoms in total. The van der Waals surface area contributed by atoms with Gasteiger partial charge in [0.15, 0.2) is 0 Å². The molecule has 0 unspecified atom stereocenters. The first kappa shape index (κ1) is 15.8. The highest BCUT2D eigenvalue weighted by Crippen LogP contribution is 2.41. The summed E-state index contributed by atoms with van der Waals surface area (Å²) in [6.45, 7) is 0. The van der Waals surface area contributed by atoms with E-state index in [0.29, 0.717) is 16.5 Å². The molecule has 4 rings (SSSR count). The van der Waals surface area contributed by atoms with E-state index in [0.717, 1.165) is 15.7 Å². The lowest BCUT2D eigenvalue weighted by Gasteiger charge is -2.27. The van der Waals surface area contributed by atoms with Crippen LogP contribution in [-0.4, -0.2) is 15.6 Å². The van der Waals surface area contributed by atoms with Gasteiger partial charge in [-0.2, -0.15) is 0 Å². The summed E-state index contributed by atoms with van der Waals surface area (Å²) in [5.41, 5.74) is 6.48. The molecule has 8 heteroatoms. The summed E-state index contributed by atoms with van der Waals surface area (Å²) in [5, 5.41) is 14.3. The van der Waals surface area contributed by atoms with E-state index in [4.69, 9.17) is 11.6 Å². The number of hydrogen-bond donors (Lipinski definition) is 2. The Morgan fingerprint density at radius 2 is 1.91 bits per heavy atom. The summed E-state index contributed by atoms with van der Waals surface area (Å²) in [6, 6.07) is 11.4. The van der Waals surface area contributed by atoms with Gasteiger partial charge in [-0.3, -0.25) is 5.01 Å². The lowest BCUT2D eigenvalue weighted by Crippen LogP contribution is -2.42. The van der Waals surface area contributed by atoms with Crippen molar-refractivity contribution in [2.75, 3.05) is 10.0 Å². The van der Waals surface area contributed by atoms with Gasteiger partial charge in [0.2, 0.25) is 5.88 Å². The standard InChI is InChI=1S/C15H10BrClN4O.H2O/c16-11-7-13-15(22)20(9-5-6-14(17)18-8-9)19-21(13)12-4-2-1-3-10(11)12;/h1-8,19,22H;1H2. The van der Waals surface area contributed by atoms with Crippen molar-refractivity contribution in [2.45, 2.75) is 0 Å². The van der Waals surface area contributed by atoms with Crippen LogP contribution in [0.15, 0.2) is 60.3 Å². The van der Waals surface area contributed by atoms with E-state index < -0.39 is 0 Å². The second-order valence-electron chi connectivity index (χ2n) is 4.83. The lowest BCUT2D eigenvalue weighted by atomic mass is 10.1. The molecule has 0 radical (unpaired) electrons. The minimum atomic E-state index is 0. The van der Waals surface area contributed by atoms with Crippen molar-refractivity contribution in [1.82, 2.24) is 10.5 Å². The number of hydrazine groups is 2. The van der Waals surface area contributed by atoms with Crippen molar-refractivity contribution in [1.29, 1.82) is 0 Å². The number of aliphatic hydroxyl groups excluding tert-OH is 1. The number of fused-ring (bicyclic) bond motifs is 3. The average Bonchev–Trinajstić information content (AvgIpc) is 2.86. The fourth-order valence-electron chi connectivity index (χ4n) is 2.48. The minimum Gasteiger partial charge on any atom is -0.492 e. The van der Waals surface area contributed by atoms with E-state index in [1.807, 2.05) is 35.4 Å². The van der Waals surface area contributed by atoms with E-state index in [1.54, 1.807) is 23.3 Å². The van der Waals surface area contributed by atoms with Crippen LogP contribution in [0.2, 0.25) is 5.15 Å². The molecule has 0 saturated carbocycles. The van der Waals surface area contributed by atoms with E-state index in [2.05, 4.69) is 26.4 Å². The molecule has 0 spiro atoms. The molecule has 1 aromatic heterocycles. The number of rotatable bonds is 1. The molecule has 3 heterocycles. The van der Waals surface area contributed by atoms with Crippen LogP contribution >= 0.6 is 27.5 Å². The van der Waals surface area contributed by atoms with Crippen LogP contribution in [0.4, 0.5) is 11.4 Å². The number of anilines is 2. The minimum absolute atomic E-state index is 0. The molecule has 0 saturated heterocycles. The number of benzene rings is 1. The normalized spacial score (nSPS) is 15.8. The van der Waals surface area contributed by atoms with Crippen LogP contribution < -0.4 is 15.6 Å². The van der Waals surface area contributed by atoms with E-state index >= 15 is 0 Å². The van der Waals surface area contributed by atoms with E-state index in [1.165, 1.54) is 0 Å². The average molecular weight is 396 g/mol. The highest BCUT2D eigenvalue weighted by Gasteiger charge is 2.34. The second kappa shape index (κ2) is 5.86. The topological polar surface area (TPSA) is 83.1 Å². The molecule has 1 aromatic carbocycles. The first-order valence-corrected chi connectivity index (χ1v) is 7.70. The third-order valence-corrected chi connectivity index (χ3v) is 4.40. The Kier molecular flexibility index (Phi) is 4.03. The fourth-order valence-corrected chi connectivity index (χ4v) is 3.14. The molecule has 0 fully saturated rings. The summed E-state index contributed by atoms with van der Waals surface area (Å²) in [5.74, 6) is 0.0931. The van der Waals surface area contributed by atoms with Gasteiger partial charge in [-0.1, -0.05) is 45.7 Å². The molecule has 2 aromatic rings. The van der Waals surface area contributed by atoms with Gasteiger partial charge in [0.1, 0.15) is 10.9 Å². The number of para-hydroxylation sites is 1. The summed E-state index contributed by atoms with van der Waals surface area (Å²) in [4.78, 5) is 4.04. The van der Waals surface area contributed by atoms with Gasteiger partial charge >= 0.3 is 0 Å². The Labute approximate surface area is 145 Å². The predicted octanol–water partition coefficient (Wildman–Crippen LogP) is 3.13. The molecule has 2 aliphatic rings. The Balaban J connectivity index is 0.00000156. The van der Waals surface area contributed by atoms with Crippen molar-refractivity contribution in [3.63, 3.8) is 0 Å². The smallest absolute Gasteiger partial charge is 0.234 e. The van der Waals surface area contributed by atoms with Crippen molar-refractivity contribution < 1.29 is 10.6 Å². The van der Waals surface area contributed by atoms with Gasteiger partial charge in [0, 0.05) is 10.0 Å². The molecule has 23 heavy (non-hydrogen) atoms. The van der Waals surface area contributed by atoms with Gasteiger partial charge in [-0.15, -0.1) is 5.53 Å². The van der Waals surface area contributed by atoms with Crippen LogP contribution in [0.1, 0.15) is 5.56 Å². The largest absolute Gasteiger partial charge is 0.492 e. The maximum absolute atomic E-state index is 10.5. The van der Waals surface area contributed by atoms with E-state index in [9.17, 15) is 5.11 Å². The lowest BCUT2D eigenvalue weighted by molar-refractivity contribution is 0.388. The number of nitrogens with one attached hydrogen (secondary N) is 1. The van der Waals surface area contributed by atoms with Crippen LogP contribution in [0.3, 0.4) is 0 Å².